The van der Waals surface area contributed by atoms with Crippen molar-refractivity contribution in [2.45, 2.75) is 45.9 Å². The van der Waals surface area contributed by atoms with Crippen LogP contribution in [0.4, 0.5) is 4.79 Å². The molecule has 1 N–H and O–H groups in total. The number of esters is 1. The highest BCUT2D eigenvalue weighted by Crippen LogP contribution is 2.14. The van der Waals surface area contributed by atoms with Crippen LogP contribution in [-0.4, -0.2) is 36.6 Å². The number of rotatable bonds is 5. The van der Waals surface area contributed by atoms with Gasteiger partial charge < -0.3 is 14.2 Å². The average molecular weight is 347 g/mol. The van der Waals surface area contributed by atoms with Gasteiger partial charge in [-0.1, -0.05) is 24.1 Å². The lowest BCUT2D eigenvalue weighted by atomic mass is 10.1. The van der Waals surface area contributed by atoms with Crippen molar-refractivity contribution in [1.29, 1.82) is 0 Å². The maximum Gasteiger partial charge on any atom is 0.411 e. The summed E-state index contributed by atoms with van der Waals surface area (Å²) < 4.78 is 15.7. The van der Waals surface area contributed by atoms with Crippen LogP contribution in [0.5, 0.6) is 0 Å². The standard InChI is InChI=1S/C19H25NO5/c1-6-23-16(21)19(24-7-2,20-17(22)25-18(3,4)5)14-13-15-11-9-8-10-12-15/h8-12H,6-7H2,1-5H3,(H,20,22). The monoisotopic (exact) mass is 347 g/mol. The molecule has 0 saturated carbocycles. The summed E-state index contributed by atoms with van der Waals surface area (Å²) in [5.41, 5.74) is -2.01. The predicted molar refractivity (Wildman–Crippen MR) is 93.7 cm³/mol. The van der Waals surface area contributed by atoms with Crippen LogP contribution in [0.1, 0.15) is 40.2 Å². The Bertz CT molecular complexity index is 639. The molecular weight excluding hydrogens is 322 g/mol. The molecule has 6 heteroatoms. The summed E-state index contributed by atoms with van der Waals surface area (Å²) in [5, 5.41) is 2.41. The molecule has 136 valence electrons. The fraction of sp³-hybridized carbons (Fsp3) is 0.474. The van der Waals surface area contributed by atoms with Crippen LogP contribution in [0.3, 0.4) is 0 Å². The summed E-state index contributed by atoms with van der Waals surface area (Å²) in [6, 6.07) is 9.05. The highest BCUT2D eigenvalue weighted by Gasteiger charge is 2.42. The van der Waals surface area contributed by atoms with Gasteiger partial charge in [0.15, 0.2) is 0 Å². The van der Waals surface area contributed by atoms with E-state index < -0.39 is 23.4 Å². The van der Waals surface area contributed by atoms with Gasteiger partial charge in [0.1, 0.15) is 5.60 Å². The fourth-order valence-electron chi connectivity index (χ4n) is 1.84. The largest absolute Gasteiger partial charge is 0.462 e. The van der Waals surface area contributed by atoms with Gasteiger partial charge in [0.25, 0.3) is 0 Å². The first-order valence-electron chi connectivity index (χ1n) is 8.13. The van der Waals surface area contributed by atoms with E-state index in [0.717, 1.165) is 0 Å². The summed E-state index contributed by atoms with van der Waals surface area (Å²) >= 11 is 0. The van der Waals surface area contributed by atoms with E-state index in [9.17, 15) is 9.59 Å². The van der Waals surface area contributed by atoms with E-state index in [0.29, 0.717) is 5.56 Å². The topological polar surface area (TPSA) is 73.9 Å². The Kier molecular flexibility index (Phi) is 7.46. The van der Waals surface area contributed by atoms with Gasteiger partial charge in [0.2, 0.25) is 0 Å². The second-order valence-corrected chi connectivity index (χ2v) is 6.08. The van der Waals surface area contributed by atoms with Crippen LogP contribution in [0, 0.1) is 11.8 Å². The van der Waals surface area contributed by atoms with Crippen LogP contribution in [0.2, 0.25) is 0 Å². The average Bonchev–Trinajstić information content (AvgIpc) is 2.52. The molecule has 0 bridgehead atoms. The third-order valence-electron chi connectivity index (χ3n) is 2.76. The van der Waals surface area contributed by atoms with Crippen LogP contribution >= 0.6 is 0 Å². The number of amides is 1. The highest BCUT2D eigenvalue weighted by molar-refractivity contribution is 5.88. The van der Waals surface area contributed by atoms with E-state index in [-0.39, 0.29) is 13.2 Å². The van der Waals surface area contributed by atoms with Crippen molar-refractivity contribution in [1.82, 2.24) is 5.32 Å². The number of alkyl carbamates (subject to hydrolysis) is 1. The van der Waals surface area contributed by atoms with Crippen molar-refractivity contribution in [3.8, 4) is 11.8 Å². The minimum atomic E-state index is -1.94. The maximum absolute atomic E-state index is 12.5. The van der Waals surface area contributed by atoms with Crippen molar-refractivity contribution in [3.05, 3.63) is 35.9 Å². The van der Waals surface area contributed by atoms with Crippen molar-refractivity contribution in [2.24, 2.45) is 0 Å². The van der Waals surface area contributed by atoms with E-state index in [1.807, 2.05) is 18.2 Å². The number of nitrogens with one attached hydrogen (secondary N) is 1. The molecule has 0 aliphatic heterocycles. The van der Waals surface area contributed by atoms with Crippen LogP contribution in [0.15, 0.2) is 30.3 Å². The molecule has 1 aromatic carbocycles. The van der Waals surface area contributed by atoms with Gasteiger partial charge in [-0.25, -0.2) is 9.59 Å². The molecule has 1 unspecified atom stereocenters. The van der Waals surface area contributed by atoms with E-state index in [1.54, 1.807) is 46.8 Å². The third kappa shape index (κ3) is 6.86. The van der Waals surface area contributed by atoms with Crippen molar-refractivity contribution in [3.63, 3.8) is 0 Å². The fourth-order valence-corrected chi connectivity index (χ4v) is 1.84. The Morgan fingerprint density at radius 2 is 1.72 bits per heavy atom. The summed E-state index contributed by atoms with van der Waals surface area (Å²) in [7, 11) is 0. The van der Waals surface area contributed by atoms with Crippen LogP contribution in [0.25, 0.3) is 0 Å². The number of ether oxygens (including phenoxy) is 3. The highest BCUT2D eigenvalue weighted by atomic mass is 16.6. The lowest BCUT2D eigenvalue weighted by molar-refractivity contribution is -0.167. The molecule has 0 radical (unpaired) electrons. The third-order valence-corrected chi connectivity index (χ3v) is 2.76. The Morgan fingerprint density at radius 3 is 2.24 bits per heavy atom. The van der Waals surface area contributed by atoms with Crippen molar-refractivity contribution >= 4 is 12.1 Å². The first-order valence-corrected chi connectivity index (χ1v) is 8.13. The molecule has 0 spiro atoms. The molecule has 25 heavy (non-hydrogen) atoms. The zero-order valence-corrected chi connectivity index (χ0v) is 15.3. The first-order chi connectivity index (χ1) is 11.7. The molecule has 1 aromatic rings. The molecular formula is C19H25NO5. The predicted octanol–water partition coefficient (Wildman–Crippen LogP) is 2.86. The molecule has 0 aliphatic carbocycles. The quantitative estimate of drug-likeness (QED) is 0.504. The molecule has 0 fully saturated rings. The lowest BCUT2D eigenvalue weighted by Gasteiger charge is -2.28. The second kappa shape index (κ2) is 9.09. The summed E-state index contributed by atoms with van der Waals surface area (Å²) in [4.78, 5) is 24.6. The smallest absolute Gasteiger partial charge is 0.411 e. The molecule has 1 amide bonds. The molecule has 0 saturated heterocycles. The molecule has 1 rings (SSSR count). The van der Waals surface area contributed by atoms with Crippen LogP contribution in [-0.2, 0) is 19.0 Å². The van der Waals surface area contributed by atoms with Gasteiger partial charge in [0, 0.05) is 12.2 Å². The lowest BCUT2D eigenvalue weighted by Crippen LogP contribution is -2.57. The molecule has 1 atom stereocenters. The normalized spacial score (nSPS) is 13.0. The van der Waals surface area contributed by atoms with E-state index >= 15 is 0 Å². The minimum absolute atomic E-state index is 0.122. The number of carbonyl (C=O) groups is 2. The van der Waals surface area contributed by atoms with E-state index in [1.165, 1.54) is 0 Å². The number of benzene rings is 1. The minimum Gasteiger partial charge on any atom is -0.462 e. The van der Waals surface area contributed by atoms with Gasteiger partial charge in [0.05, 0.1) is 6.61 Å². The molecule has 0 aliphatic rings. The molecule has 0 heterocycles. The SMILES string of the molecule is CCOC(=O)C(C#Cc1ccccc1)(NC(=O)OC(C)(C)C)OCC. The zero-order valence-electron chi connectivity index (χ0n) is 15.3. The van der Waals surface area contributed by atoms with Crippen LogP contribution < -0.4 is 5.32 Å². The maximum atomic E-state index is 12.5. The van der Waals surface area contributed by atoms with Crippen molar-refractivity contribution in [2.75, 3.05) is 13.2 Å². The van der Waals surface area contributed by atoms with Gasteiger partial charge >= 0.3 is 17.8 Å². The van der Waals surface area contributed by atoms with Gasteiger partial charge in [-0.05, 0) is 52.7 Å². The van der Waals surface area contributed by atoms with Gasteiger partial charge in [-0.2, -0.15) is 0 Å². The number of hydrogen-bond donors (Lipinski definition) is 1. The second-order valence-electron chi connectivity index (χ2n) is 6.08. The zero-order chi connectivity index (χ0) is 18.9. The Labute approximate surface area is 148 Å². The Balaban J connectivity index is 3.20. The van der Waals surface area contributed by atoms with E-state index in [2.05, 4.69) is 17.2 Å². The molecule has 6 nitrogen and oxygen atoms in total. The molecule has 0 aromatic heterocycles. The van der Waals surface area contributed by atoms with Gasteiger partial charge in [-0.3, -0.25) is 5.32 Å². The van der Waals surface area contributed by atoms with E-state index in [4.69, 9.17) is 14.2 Å². The van der Waals surface area contributed by atoms with Crippen molar-refractivity contribution < 1.29 is 23.8 Å². The first kappa shape index (κ1) is 20.5. The summed E-state index contributed by atoms with van der Waals surface area (Å²) in [6.45, 7) is 8.76. The number of hydrogen-bond acceptors (Lipinski definition) is 5. The number of carbonyl (C=O) groups excluding carboxylic acids is 2. The summed E-state index contributed by atoms with van der Waals surface area (Å²) in [5.74, 6) is 4.72. The Hall–Kier alpha value is -2.52. The van der Waals surface area contributed by atoms with Gasteiger partial charge in [-0.15, -0.1) is 0 Å². The summed E-state index contributed by atoms with van der Waals surface area (Å²) in [6.07, 6.45) is -0.823. The Morgan fingerprint density at radius 1 is 1.08 bits per heavy atom.